The van der Waals surface area contributed by atoms with Gasteiger partial charge in [-0.15, -0.1) is 0 Å². The Morgan fingerprint density at radius 1 is 1.26 bits per heavy atom. The van der Waals surface area contributed by atoms with Gasteiger partial charge in [-0.25, -0.2) is 0 Å². The van der Waals surface area contributed by atoms with Crippen LogP contribution < -0.4 is 5.32 Å². The van der Waals surface area contributed by atoms with E-state index in [1.54, 1.807) is 0 Å². The smallest absolute Gasteiger partial charge is 0.254 e. The Bertz CT molecular complexity index is 729. The molecule has 2 atom stereocenters. The summed E-state index contributed by atoms with van der Waals surface area (Å²) in [7, 11) is 0. The zero-order valence-corrected chi connectivity index (χ0v) is 13.5. The summed E-state index contributed by atoms with van der Waals surface area (Å²) in [5.74, 6) is 0.262. The maximum atomic E-state index is 12.6. The zero-order chi connectivity index (χ0) is 15.9. The summed E-state index contributed by atoms with van der Waals surface area (Å²) >= 11 is 1.52. The third-order valence-electron chi connectivity index (χ3n) is 5.14. The van der Waals surface area contributed by atoms with Crippen LogP contribution in [0.1, 0.15) is 28.3 Å². The van der Waals surface area contributed by atoms with Gasteiger partial charge in [0.15, 0.2) is 0 Å². The number of likely N-dealkylation sites (tertiary alicyclic amines) is 1. The lowest BCUT2D eigenvalue weighted by Crippen LogP contribution is -2.39. The molecule has 2 saturated heterocycles. The van der Waals surface area contributed by atoms with E-state index in [4.69, 9.17) is 0 Å². The van der Waals surface area contributed by atoms with Crippen molar-refractivity contribution in [2.75, 3.05) is 19.6 Å². The number of carbonyl (C=O) groups is 2. The number of carbonyl (C=O) groups excluding carboxylic acids is 2. The van der Waals surface area contributed by atoms with Crippen molar-refractivity contribution < 1.29 is 9.59 Å². The van der Waals surface area contributed by atoms with E-state index in [2.05, 4.69) is 17.4 Å². The number of rotatable bonds is 2. The monoisotopic (exact) mass is 326 g/mol. The topological polar surface area (TPSA) is 49.4 Å². The number of amides is 2. The quantitative estimate of drug-likeness (QED) is 0.922. The Hall–Kier alpha value is -2.14. The molecule has 2 amide bonds. The van der Waals surface area contributed by atoms with Gasteiger partial charge >= 0.3 is 0 Å². The van der Waals surface area contributed by atoms with Crippen molar-refractivity contribution in [3.8, 4) is 0 Å². The van der Waals surface area contributed by atoms with Crippen molar-refractivity contribution in [3.05, 3.63) is 58.3 Å². The van der Waals surface area contributed by atoms with Crippen LogP contribution in [0.5, 0.6) is 0 Å². The second kappa shape index (κ2) is 5.49. The molecule has 2 aliphatic rings. The van der Waals surface area contributed by atoms with E-state index in [1.165, 1.54) is 16.9 Å². The lowest BCUT2D eigenvalue weighted by Gasteiger charge is -2.28. The molecule has 1 aromatic carbocycles. The first-order valence-electron chi connectivity index (χ1n) is 7.85. The highest BCUT2D eigenvalue weighted by Crippen LogP contribution is 2.47. The first kappa shape index (κ1) is 14.5. The first-order valence-corrected chi connectivity index (χ1v) is 8.80. The molecule has 4 rings (SSSR count). The Morgan fingerprint density at radius 2 is 2.09 bits per heavy atom. The largest absolute Gasteiger partial charge is 0.355 e. The second-order valence-electron chi connectivity index (χ2n) is 6.32. The minimum Gasteiger partial charge on any atom is -0.355 e. The van der Waals surface area contributed by atoms with Crippen molar-refractivity contribution in [2.45, 2.75) is 12.3 Å². The number of thiophene rings is 1. The lowest BCUT2D eigenvalue weighted by atomic mass is 9.73. The van der Waals surface area contributed by atoms with Crippen LogP contribution in [-0.2, 0) is 4.79 Å². The van der Waals surface area contributed by atoms with Gasteiger partial charge in [-0.2, -0.15) is 11.3 Å². The third kappa shape index (κ3) is 2.27. The van der Waals surface area contributed by atoms with E-state index in [9.17, 15) is 9.59 Å². The Labute approximate surface area is 139 Å². The molecule has 2 aliphatic heterocycles. The van der Waals surface area contributed by atoms with Crippen LogP contribution in [0.25, 0.3) is 0 Å². The van der Waals surface area contributed by atoms with Crippen LogP contribution in [0.15, 0.2) is 47.2 Å². The Balaban J connectivity index is 1.62. The molecule has 0 aliphatic carbocycles. The number of hydrogen-bond acceptors (Lipinski definition) is 3. The molecule has 0 bridgehead atoms. The molecule has 23 heavy (non-hydrogen) atoms. The van der Waals surface area contributed by atoms with E-state index in [-0.39, 0.29) is 17.7 Å². The Morgan fingerprint density at radius 3 is 2.83 bits per heavy atom. The second-order valence-corrected chi connectivity index (χ2v) is 7.10. The summed E-state index contributed by atoms with van der Waals surface area (Å²) in [6, 6.07) is 12.0. The third-order valence-corrected chi connectivity index (χ3v) is 5.83. The highest BCUT2D eigenvalue weighted by atomic mass is 32.1. The summed E-state index contributed by atoms with van der Waals surface area (Å²) in [4.78, 5) is 27.0. The Kier molecular flexibility index (Phi) is 3.45. The molecule has 0 unspecified atom stereocenters. The lowest BCUT2D eigenvalue weighted by molar-refractivity contribution is -0.127. The summed E-state index contributed by atoms with van der Waals surface area (Å²) in [6.07, 6.45) is 0.730. The summed E-state index contributed by atoms with van der Waals surface area (Å²) in [5.41, 5.74) is 1.42. The van der Waals surface area contributed by atoms with Gasteiger partial charge < -0.3 is 10.2 Å². The molecule has 2 aromatic rings. The highest BCUT2D eigenvalue weighted by Gasteiger charge is 2.55. The minimum atomic E-state index is -0.479. The molecule has 3 heterocycles. The van der Waals surface area contributed by atoms with Gasteiger partial charge in [-0.1, -0.05) is 30.3 Å². The van der Waals surface area contributed by atoms with Gasteiger partial charge in [-0.05, 0) is 23.4 Å². The highest BCUT2D eigenvalue weighted by molar-refractivity contribution is 7.08. The number of nitrogens with one attached hydrogen (secondary N) is 1. The van der Waals surface area contributed by atoms with Crippen molar-refractivity contribution in [3.63, 3.8) is 0 Å². The molecule has 0 radical (unpaired) electrons. The fraction of sp³-hybridized carbons (Fsp3) is 0.333. The molecule has 4 nitrogen and oxygen atoms in total. The number of hydrogen-bond donors (Lipinski definition) is 1. The standard InChI is InChI=1S/C18H18N2O2S/c21-16(14-6-9-23-11-14)20-8-7-18(12-20)15(10-19-17(18)22)13-4-2-1-3-5-13/h1-6,9,11,15H,7-8,10,12H2,(H,19,22)/t15-,18-/m1/s1. The molecule has 1 spiro atoms. The minimum absolute atomic E-state index is 0.0367. The van der Waals surface area contributed by atoms with Crippen molar-refractivity contribution in [2.24, 2.45) is 5.41 Å². The average Bonchev–Trinajstić information content (AvgIpc) is 3.31. The van der Waals surface area contributed by atoms with Gasteiger partial charge in [0.25, 0.3) is 5.91 Å². The van der Waals surface area contributed by atoms with Crippen LogP contribution in [0.4, 0.5) is 0 Å². The number of nitrogens with zero attached hydrogens (tertiary/aromatic N) is 1. The molecule has 5 heteroatoms. The molecule has 0 saturated carbocycles. The van der Waals surface area contributed by atoms with Gasteiger partial charge in [0, 0.05) is 30.9 Å². The van der Waals surface area contributed by atoms with E-state index in [0.29, 0.717) is 19.6 Å². The predicted octanol–water partition coefficient (Wildman–Crippen LogP) is 2.49. The number of benzene rings is 1. The maximum absolute atomic E-state index is 12.6. The van der Waals surface area contributed by atoms with Crippen LogP contribution in [0.2, 0.25) is 0 Å². The first-order chi connectivity index (χ1) is 11.2. The van der Waals surface area contributed by atoms with E-state index in [1.807, 2.05) is 39.9 Å². The fourth-order valence-electron chi connectivity index (χ4n) is 3.89. The van der Waals surface area contributed by atoms with Gasteiger partial charge in [0.2, 0.25) is 5.91 Å². The van der Waals surface area contributed by atoms with Crippen molar-refractivity contribution in [1.82, 2.24) is 10.2 Å². The van der Waals surface area contributed by atoms with Crippen LogP contribution >= 0.6 is 11.3 Å². The average molecular weight is 326 g/mol. The van der Waals surface area contributed by atoms with Crippen LogP contribution in [-0.4, -0.2) is 36.3 Å². The maximum Gasteiger partial charge on any atom is 0.254 e. The van der Waals surface area contributed by atoms with Gasteiger partial charge in [0.1, 0.15) is 0 Å². The van der Waals surface area contributed by atoms with Crippen LogP contribution in [0.3, 0.4) is 0 Å². The van der Waals surface area contributed by atoms with Crippen molar-refractivity contribution in [1.29, 1.82) is 0 Å². The molecular weight excluding hydrogens is 308 g/mol. The molecule has 2 fully saturated rings. The van der Waals surface area contributed by atoms with Crippen LogP contribution in [0, 0.1) is 5.41 Å². The summed E-state index contributed by atoms with van der Waals surface area (Å²) in [6.45, 7) is 1.81. The molecule has 1 N–H and O–H groups in total. The van der Waals surface area contributed by atoms with E-state index < -0.39 is 5.41 Å². The predicted molar refractivity (Wildman–Crippen MR) is 89.5 cm³/mol. The molecular formula is C18H18N2O2S. The normalized spacial score (nSPS) is 26.7. The SMILES string of the molecule is O=C(c1ccsc1)N1CC[C@]2(C1)C(=O)NC[C@@H]2c1ccccc1. The molecule has 1 aromatic heterocycles. The van der Waals surface area contributed by atoms with E-state index >= 15 is 0 Å². The summed E-state index contributed by atoms with van der Waals surface area (Å²) < 4.78 is 0. The van der Waals surface area contributed by atoms with Gasteiger partial charge in [-0.3, -0.25) is 9.59 Å². The van der Waals surface area contributed by atoms with E-state index in [0.717, 1.165) is 12.0 Å². The fourth-order valence-corrected chi connectivity index (χ4v) is 4.52. The van der Waals surface area contributed by atoms with Gasteiger partial charge in [0.05, 0.1) is 11.0 Å². The zero-order valence-electron chi connectivity index (χ0n) is 12.7. The molecule has 118 valence electrons. The summed E-state index contributed by atoms with van der Waals surface area (Å²) in [5, 5.41) is 6.80. The van der Waals surface area contributed by atoms with Crippen molar-refractivity contribution >= 4 is 23.2 Å².